The molecular weight excluding hydrogens is 599 g/mol. The molecule has 2 aromatic heterocycles. The third kappa shape index (κ3) is 4.49. The highest BCUT2D eigenvalue weighted by Crippen LogP contribution is 2.39. The molecule has 0 unspecified atom stereocenters. The van der Waals surface area contributed by atoms with Crippen LogP contribution >= 0.6 is 0 Å². The molecule has 4 heteroatoms. The van der Waals surface area contributed by atoms with E-state index in [-0.39, 0.29) is 0 Å². The highest BCUT2D eigenvalue weighted by molar-refractivity contribution is 6.25. The average Bonchev–Trinajstić information content (AvgIpc) is 3.57. The first-order chi connectivity index (χ1) is 24.3. The van der Waals surface area contributed by atoms with Gasteiger partial charge in [-0.2, -0.15) is 0 Å². The molecule has 2 heterocycles. The molecule has 0 spiro atoms. The topological polar surface area (TPSA) is 51.8 Å². The molecule has 10 aromatic rings. The lowest BCUT2D eigenvalue weighted by molar-refractivity contribution is 0.669. The number of aromatic nitrogens is 3. The summed E-state index contributed by atoms with van der Waals surface area (Å²) in [6.45, 7) is 0. The second-order valence-electron chi connectivity index (χ2n) is 12.4. The van der Waals surface area contributed by atoms with Crippen molar-refractivity contribution >= 4 is 54.3 Å². The highest BCUT2D eigenvalue weighted by atomic mass is 16.3. The van der Waals surface area contributed by atoms with Gasteiger partial charge in [0.2, 0.25) is 0 Å². The minimum absolute atomic E-state index is 0.607. The average molecular weight is 626 g/mol. The summed E-state index contributed by atoms with van der Waals surface area (Å²) in [7, 11) is 0. The van der Waals surface area contributed by atoms with Crippen LogP contribution in [-0.4, -0.2) is 15.0 Å². The Morgan fingerprint density at radius 3 is 1.57 bits per heavy atom. The number of furan rings is 1. The van der Waals surface area contributed by atoms with Crippen molar-refractivity contribution in [2.75, 3.05) is 0 Å². The van der Waals surface area contributed by atoms with Crippen molar-refractivity contribution in [3.8, 4) is 45.3 Å². The second kappa shape index (κ2) is 11.0. The molecule has 0 saturated heterocycles. The first-order valence-corrected chi connectivity index (χ1v) is 16.4. The molecule has 0 aliphatic heterocycles. The zero-order valence-electron chi connectivity index (χ0n) is 26.3. The Morgan fingerprint density at radius 1 is 0.306 bits per heavy atom. The van der Waals surface area contributed by atoms with Crippen LogP contribution in [-0.2, 0) is 0 Å². The number of benzene rings is 8. The van der Waals surface area contributed by atoms with Gasteiger partial charge in [0.05, 0.1) is 0 Å². The predicted octanol–water partition coefficient (Wildman–Crippen LogP) is 11.9. The maximum Gasteiger partial charge on any atom is 0.164 e. The summed E-state index contributed by atoms with van der Waals surface area (Å²) in [5, 5.41) is 9.60. The van der Waals surface area contributed by atoms with Crippen molar-refractivity contribution in [2.45, 2.75) is 0 Å². The molecule has 49 heavy (non-hydrogen) atoms. The van der Waals surface area contributed by atoms with Gasteiger partial charge in [-0.15, -0.1) is 0 Å². The van der Waals surface area contributed by atoms with Crippen LogP contribution in [0, 0.1) is 0 Å². The summed E-state index contributed by atoms with van der Waals surface area (Å²) < 4.78 is 6.22. The predicted molar refractivity (Wildman–Crippen MR) is 201 cm³/mol. The van der Waals surface area contributed by atoms with Gasteiger partial charge in [0.15, 0.2) is 17.5 Å². The Morgan fingerprint density at radius 2 is 0.816 bits per heavy atom. The van der Waals surface area contributed by atoms with Gasteiger partial charge < -0.3 is 4.42 Å². The molecule has 0 fully saturated rings. The van der Waals surface area contributed by atoms with Gasteiger partial charge >= 0.3 is 0 Å². The van der Waals surface area contributed by atoms with Gasteiger partial charge in [0, 0.05) is 27.5 Å². The molecule has 8 aromatic carbocycles. The van der Waals surface area contributed by atoms with E-state index in [1.54, 1.807) is 0 Å². The zero-order valence-corrected chi connectivity index (χ0v) is 26.3. The number of hydrogen-bond donors (Lipinski definition) is 0. The molecule has 0 atom stereocenters. The minimum atomic E-state index is 0.607. The van der Waals surface area contributed by atoms with E-state index in [1.807, 2.05) is 60.7 Å². The molecule has 228 valence electrons. The Bertz CT molecular complexity index is 2860. The van der Waals surface area contributed by atoms with Crippen LogP contribution in [0.25, 0.3) is 99.5 Å². The molecule has 0 N–H and O–H groups in total. The van der Waals surface area contributed by atoms with E-state index < -0.39 is 0 Å². The summed E-state index contributed by atoms with van der Waals surface area (Å²) in [4.78, 5) is 15.2. The standard InChI is InChI=1S/C45H27N3O/c1-2-12-28(13-3-1)43-46-44(48-45(47-43)38-21-11-23-41-42(38)37-20-8-9-22-40(37)49-41)31-15-10-14-29(26-31)30-24-25-36-34-18-5-4-16-32(34)33-17-6-7-19-35(33)39(36)27-30/h1-27H. The highest BCUT2D eigenvalue weighted by Gasteiger charge is 2.18. The molecule has 10 rings (SSSR count). The number of hydrogen-bond acceptors (Lipinski definition) is 4. The van der Waals surface area contributed by atoms with Crippen LogP contribution in [0.1, 0.15) is 0 Å². The molecule has 0 aliphatic carbocycles. The Labute approximate surface area is 282 Å². The number of fused-ring (bicyclic) bond motifs is 9. The van der Waals surface area contributed by atoms with Gasteiger partial charge in [-0.05, 0) is 67.7 Å². The zero-order chi connectivity index (χ0) is 32.3. The van der Waals surface area contributed by atoms with E-state index in [1.165, 1.54) is 32.3 Å². The van der Waals surface area contributed by atoms with Crippen LogP contribution < -0.4 is 0 Å². The maximum atomic E-state index is 6.22. The van der Waals surface area contributed by atoms with Crippen molar-refractivity contribution in [2.24, 2.45) is 0 Å². The van der Waals surface area contributed by atoms with E-state index in [0.29, 0.717) is 17.5 Å². The quantitative estimate of drug-likeness (QED) is 0.183. The fraction of sp³-hybridized carbons (Fsp3) is 0. The van der Waals surface area contributed by atoms with Crippen molar-refractivity contribution in [1.29, 1.82) is 0 Å². The first kappa shape index (κ1) is 27.5. The summed E-state index contributed by atoms with van der Waals surface area (Å²) >= 11 is 0. The fourth-order valence-electron chi connectivity index (χ4n) is 7.23. The number of nitrogens with zero attached hydrogens (tertiary/aromatic N) is 3. The Balaban J connectivity index is 1.16. The van der Waals surface area contributed by atoms with E-state index in [4.69, 9.17) is 19.4 Å². The van der Waals surface area contributed by atoms with Crippen LogP contribution in [0.4, 0.5) is 0 Å². The van der Waals surface area contributed by atoms with Crippen LogP contribution in [0.15, 0.2) is 168 Å². The first-order valence-electron chi connectivity index (χ1n) is 16.4. The molecule has 0 bridgehead atoms. The summed E-state index contributed by atoms with van der Waals surface area (Å²) in [5.74, 6) is 1.85. The van der Waals surface area contributed by atoms with Crippen molar-refractivity contribution in [1.82, 2.24) is 15.0 Å². The minimum Gasteiger partial charge on any atom is -0.456 e. The van der Waals surface area contributed by atoms with E-state index in [9.17, 15) is 0 Å². The largest absolute Gasteiger partial charge is 0.456 e. The van der Waals surface area contributed by atoms with Crippen LogP contribution in [0.2, 0.25) is 0 Å². The van der Waals surface area contributed by atoms with Gasteiger partial charge in [-0.25, -0.2) is 15.0 Å². The lowest BCUT2D eigenvalue weighted by Crippen LogP contribution is -2.00. The van der Waals surface area contributed by atoms with Crippen LogP contribution in [0.5, 0.6) is 0 Å². The molecule has 0 aliphatic rings. The van der Waals surface area contributed by atoms with E-state index in [0.717, 1.165) is 49.8 Å². The normalized spacial score (nSPS) is 11.7. The Kier molecular flexibility index (Phi) is 6.15. The lowest BCUT2D eigenvalue weighted by atomic mass is 9.92. The third-order valence-electron chi connectivity index (χ3n) is 9.51. The smallest absolute Gasteiger partial charge is 0.164 e. The van der Waals surface area contributed by atoms with Gasteiger partial charge in [0.25, 0.3) is 0 Å². The van der Waals surface area contributed by atoms with E-state index >= 15 is 0 Å². The van der Waals surface area contributed by atoms with Gasteiger partial charge in [0.1, 0.15) is 11.2 Å². The molecular formula is C45H27N3O. The molecule has 4 nitrogen and oxygen atoms in total. The summed E-state index contributed by atoms with van der Waals surface area (Å²) in [6.07, 6.45) is 0. The van der Waals surface area contributed by atoms with Gasteiger partial charge in [-0.1, -0.05) is 140 Å². The molecule has 0 radical (unpaired) electrons. The number of para-hydroxylation sites is 1. The van der Waals surface area contributed by atoms with E-state index in [2.05, 4.69) is 103 Å². The van der Waals surface area contributed by atoms with Crippen molar-refractivity contribution < 1.29 is 4.42 Å². The van der Waals surface area contributed by atoms with Crippen molar-refractivity contribution in [3.05, 3.63) is 164 Å². The molecule has 0 amide bonds. The lowest BCUT2D eigenvalue weighted by Gasteiger charge is -2.13. The SMILES string of the molecule is c1ccc(-c2nc(-c3cccc(-c4ccc5c6ccccc6c6ccccc6c5c4)c3)nc(-c3cccc4oc5ccccc5c34)n2)cc1. The number of rotatable bonds is 4. The Hall–Kier alpha value is -6.65. The van der Waals surface area contributed by atoms with Crippen LogP contribution in [0.3, 0.4) is 0 Å². The maximum absolute atomic E-state index is 6.22. The monoisotopic (exact) mass is 625 g/mol. The fourth-order valence-corrected chi connectivity index (χ4v) is 7.23. The third-order valence-corrected chi connectivity index (χ3v) is 9.51. The summed E-state index contributed by atoms with van der Waals surface area (Å²) in [5.41, 5.74) is 6.65. The summed E-state index contributed by atoms with van der Waals surface area (Å²) in [6, 6.07) is 57.0. The van der Waals surface area contributed by atoms with Crippen molar-refractivity contribution in [3.63, 3.8) is 0 Å². The van der Waals surface area contributed by atoms with Gasteiger partial charge in [-0.3, -0.25) is 0 Å². The second-order valence-corrected chi connectivity index (χ2v) is 12.4. The molecule has 0 saturated carbocycles.